The third-order valence-corrected chi connectivity index (χ3v) is 7.38. The summed E-state index contributed by atoms with van der Waals surface area (Å²) in [7, 11) is 0. The number of unbranched alkanes of at least 4 members (excludes halogenated alkanes) is 1. The summed E-state index contributed by atoms with van der Waals surface area (Å²) in [6.07, 6.45) is 3.30. The number of hydrogen-bond acceptors (Lipinski definition) is 3. The average Bonchev–Trinajstić information content (AvgIpc) is 3.45. The first-order valence-electron chi connectivity index (χ1n) is 12.7. The second kappa shape index (κ2) is 11.2. The fraction of sp³-hybridized carbons (Fsp3) is 0.333. The minimum atomic E-state index is 0.119. The van der Waals surface area contributed by atoms with E-state index in [1.165, 1.54) is 5.56 Å². The second-order valence-corrected chi connectivity index (χ2v) is 9.96. The van der Waals surface area contributed by atoms with Crippen molar-refractivity contribution in [1.82, 2.24) is 14.5 Å². The summed E-state index contributed by atoms with van der Waals surface area (Å²) in [5, 5.41) is 0.755. The molecular formula is C30H32ClN3O2. The van der Waals surface area contributed by atoms with Crippen LogP contribution in [0.1, 0.15) is 42.1 Å². The lowest BCUT2D eigenvalue weighted by Crippen LogP contribution is -2.27. The Bertz CT molecular complexity index is 1330. The predicted octanol–water partition coefficient (Wildman–Crippen LogP) is 6.42. The van der Waals surface area contributed by atoms with Gasteiger partial charge in [-0.15, -0.1) is 0 Å². The maximum atomic E-state index is 12.8. The Morgan fingerprint density at radius 2 is 1.81 bits per heavy atom. The number of carbonyl (C=O) groups excluding carboxylic acids is 1. The van der Waals surface area contributed by atoms with Crippen molar-refractivity contribution in [1.29, 1.82) is 0 Å². The maximum absolute atomic E-state index is 12.8. The molecule has 0 aliphatic carbocycles. The van der Waals surface area contributed by atoms with Crippen LogP contribution in [0.4, 0.5) is 0 Å². The molecular weight excluding hydrogens is 470 g/mol. The van der Waals surface area contributed by atoms with Crippen molar-refractivity contribution in [2.24, 2.45) is 0 Å². The second-order valence-electron chi connectivity index (χ2n) is 9.55. The SMILES string of the molecule is Cc1cc(OCCCCn2c(C3CC(=O)N(CCc4ccccc4)C3)nc3ccccc32)ccc1Cl. The fourth-order valence-corrected chi connectivity index (χ4v) is 5.10. The van der Waals surface area contributed by atoms with Crippen LogP contribution in [0.25, 0.3) is 11.0 Å². The van der Waals surface area contributed by atoms with E-state index in [1.807, 2.05) is 54.3 Å². The third kappa shape index (κ3) is 5.57. The van der Waals surface area contributed by atoms with E-state index >= 15 is 0 Å². The quantitative estimate of drug-likeness (QED) is 0.236. The number of aromatic nitrogens is 2. The monoisotopic (exact) mass is 501 g/mol. The van der Waals surface area contributed by atoms with Gasteiger partial charge >= 0.3 is 0 Å². The Morgan fingerprint density at radius 3 is 2.64 bits per heavy atom. The zero-order valence-electron chi connectivity index (χ0n) is 20.7. The Morgan fingerprint density at radius 1 is 1.00 bits per heavy atom. The molecule has 1 fully saturated rings. The molecule has 36 heavy (non-hydrogen) atoms. The van der Waals surface area contributed by atoms with Gasteiger partial charge in [-0.1, -0.05) is 54.1 Å². The summed E-state index contributed by atoms with van der Waals surface area (Å²) in [6, 6.07) is 24.4. The van der Waals surface area contributed by atoms with Crippen molar-refractivity contribution in [2.45, 2.75) is 45.1 Å². The highest BCUT2D eigenvalue weighted by atomic mass is 35.5. The van der Waals surface area contributed by atoms with Crippen molar-refractivity contribution in [3.05, 3.63) is 94.8 Å². The first kappa shape index (κ1) is 24.4. The molecule has 1 atom stereocenters. The van der Waals surface area contributed by atoms with E-state index in [0.717, 1.165) is 72.1 Å². The van der Waals surface area contributed by atoms with Crippen molar-refractivity contribution >= 4 is 28.5 Å². The highest BCUT2D eigenvalue weighted by Gasteiger charge is 2.33. The maximum Gasteiger partial charge on any atom is 0.223 e. The highest BCUT2D eigenvalue weighted by Crippen LogP contribution is 2.31. The molecule has 0 saturated carbocycles. The van der Waals surface area contributed by atoms with Crippen LogP contribution in [0.3, 0.4) is 0 Å². The van der Waals surface area contributed by atoms with Gasteiger partial charge in [-0.3, -0.25) is 4.79 Å². The summed E-state index contributed by atoms with van der Waals surface area (Å²) in [5.74, 6) is 2.22. The Balaban J connectivity index is 1.22. The van der Waals surface area contributed by atoms with Crippen LogP contribution in [-0.4, -0.2) is 40.1 Å². The van der Waals surface area contributed by atoms with E-state index in [1.54, 1.807) is 0 Å². The summed E-state index contributed by atoms with van der Waals surface area (Å²) in [4.78, 5) is 19.8. The van der Waals surface area contributed by atoms with Gasteiger partial charge in [0.05, 0.1) is 17.6 Å². The average molecular weight is 502 g/mol. The van der Waals surface area contributed by atoms with Gasteiger partial charge < -0.3 is 14.2 Å². The number of ether oxygens (including phenoxy) is 1. The lowest BCUT2D eigenvalue weighted by atomic mass is 10.1. The van der Waals surface area contributed by atoms with E-state index in [4.69, 9.17) is 21.3 Å². The Kier molecular flexibility index (Phi) is 7.57. The molecule has 5 rings (SSSR count). The first-order chi connectivity index (χ1) is 17.6. The minimum Gasteiger partial charge on any atom is -0.494 e. The third-order valence-electron chi connectivity index (χ3n) is 6.95. The molecule has 1 saturated heterocycles. The highest BCUT2D eigenvalue weighted by molar-refractivity contribution is 6.31. The molecule has 186 valence electrons. The lowest BCUT2D eigenvalue weighted by molar-refractivity contribution is -0.127. The number of aryl methyl sites for hydroxylation is 2. The fourth-order valence-electron chi connectivity index (χ4n) is 4.98. The molecule has 0 N–H and O–H groups in total. The minimum absolute atomic E-state index is 0.119. The van der Waals surface area contributed by atoms with E-state index in [9.17, 15) is 4.79 Å². The van der Waals surface area contributed by atoms with Crippen LogP contribution in [0, 0.1) is 6.92 Å². The number of halogens is 1. The Labute approximate surface area is 217 Å². The molecule has 5 nitrogen and oxygen atoms in total. The lowest BCUT2D eigenvalue weighted by Gasteiger charge is -2.17. The van der Waals surface area contributed by atoms with Gasteiger partial charge in [0, 0.05) is 37.0 Å². The topological polar surface area (TPSA) is 47.4 Å². The molecule has 1 unspecified atom stereocenters. The number of hydrogen-bond donors (Lipinski definition) is 0. The molecule has 1 aliphatic heterocycles. The van der Waals surface area contributed by atoms with E-state index < -0.39 is 0 Å². The van der Waals surface area contributed by atoms with Crippen LogP contribution < -0.4 is 4.74 Å². The van der Waals surface area contributed by atoms with Gasteiger partial charge in [-0.05, 0) is 67.6 Å². The number of benzene rings is 3. The van der Waals surface area contributed by atoms with Crippen LogP contribution in [0.15, 0.2) is 72.8 Å². The van der Waals surface area contributed by atoms with E-state index in [-0.39, 0.29) is 11.8 Å². The normalized spacial score (nSPS) is 15.7. The number of imidazole rings is 1. The summed E-state index contributed by atoms with van der Waals surface area (Å²) >= 11 is 6.11. The number of para-hydroxylation sites is 2. The zero-order valence-corrected chi connectivity index (χ0v) is 21.5. The predicted molar refractivity (Wildman–Crippen MR) is 145 cm³/mol. The molecule has 0 spiro atoms. The van der Waals surface area contributed by atoms with E-state index in [2.05, 4.69) is 34.9 Å². The number of likely N-dealkylation sites (tertiary alicyclic amines) is 1. The smallest absolute Gasteiger partial charge is 0.223 e. The van der Waals surface area contributed by atoms with Gasteiger partial charge in [0.25, 0.3) is 0 Å². The summed E-state index contributed by atoms with van der Waals surface area (Å²) in [5.41, 5.74) is 4.41. The van der Waals surface area contributed by atoms with Crippen LogP contribution >= 0.6 is 11.6 Å². The van der Waals surface area contributed by atoms with Crippen molar-refractivity contribution in [2.75, 3.05) is 19.7 Å². The molecule has 0 radical (unpaired) electrons. The molecule has 4 aromatic rings. The van der Waals surface area contributed by atoms with Crippen molar-refractivity contribution < 1.29 is 9.53 Å². The Hall–Kier alpha value is -3.31. The molecule has 1 amide bonds. The van der Waals surface area contributed by atoms with Gasteiger partial charge in [0.15, 0.2) is 0 Å². The molecule has 2 heterocycles. The first-order valence-corrected chi connectivity index (χ1v) is 13.1. The molecule has 1 aliphatic rings. The molecule has 0 bridgehead atoms. The number of nitrogens with zero attached hydrogens (tertiary/aromatic N) is 3. The van der Waals surface area contributed by atoms with Gasteiger partial charge in [-0.2, -0.15) is 0 Å². The van der Waals surface area contributed by atoms with Crippen molar-refractivity contribution in [3.63, 3.8) is 0 Å². The molecule has 6 heteroatoms. The van der Waals surface area contributed by atoms with Gasteiger partial charge in [0.2, 0.25) is 5.91 Å². The van der Waals surface area contributed by atoms with Crippen LogP contribution in [-0.2, 0) is 17.8 Å². The van der Waals surface area contributed by atoms with Crippen molar-refractivity contribution in [3.8, 4) is 5.75 Å². The molecule has 3 aromatic carbocycles. The van der Waals surface area contributed by atoms with Crippen LogP contribution in [0.2, 0.25) is 5.02 Å². The number of fused-ring (bicyclic) bond motifs is 1. The van der Waals surface area contributed by atoms with E-state index in [0.29, 0.717) is 13.0 Å². The molecule has 1 aromatic heterocycles. The number of rotatable bonds is 10. The number of carbonyl (C=O) groups is 1. The van der Waals surface area contributed by atoms with Gasteiger partial charge in [0.1, 0.15) is 11.6 Å². The number of amides is 1. The van der Waals surface area contributed by atoms with Crippen LogP contribution in [0.5, 0.6) is 5.75 Å². The summed E-state index contributed by atoms with van der Waals surface area (Å²) < 4.78 is 8.26. The zero-order chi connectivity index (χ0) is 24.9. The summed E-state index contributed by atoms with van der Waals surface area (Å²) in [6.45, 7) is 4.97. The standard InChI is InChI=1S/C30H32ClN3O2/c1-22-19-25(13-14-26(22)31)36-18-8-7-16-34-28-12-6-5-11-27(28)32-30(34)24-20-29(35)33(21-24)17-15-23-9-3-2-4-10-23/h2-6,9-14,19,24H,7-8,15-18,20-21H2,1H3. The van der Waals surface area contributed by atoms with Gasteiger partial charge in [-0.25, -0.2) is 4.98 Å². The largest absolute Gasteiger partial charge is 0.494 e.